The van der Waals surface area contributed by atoms with Crippen LogP contribution in [-0.2, 0) is 9.53 Å². The second kappa shape index (κ2) is 6.54. The van der Waals surface area contributed by atoms with Gasteiger partial charge in [0.05, 0.1) is 24.8 Å². The maximum absolute atomic E-state index is 11.1. The number of methoxy groups -OCH3 is 1. The molecule has 5 heteroatoms. The Balaban J connectivity index is 2.94. The van der Waals surface area contributed by atoms with Crippen molar-refractivity contribution in [1.29, 1.82) is 0 Å². The number of carbonyl (C=O) groups is 2. The predicted molar refractivity (Wildman–Crippen MR) is 67.4 cm³/mol. The number of hydrogen-bond acceptors (Lipinski definition) is 4. The van der Waals surface area contributed by atoms with Crippen LogP contribution in [0.1, 0.15) is 30.1 Å². The van der Waals surface area contributed by atoms with Crippen LogP contribution in [0.25, 0.3) is 0 Å². The summed E-state index contributed by atoms with van der Waals surface area (Å²) >= 11 is 0. The Morgan fingerprint density at radius 1 is 1.39 bits per heavy atom. The summed E-state index contributed by atoms with van der Waals surface area (Å²) in [5.41, 5.74) is 1.35. The summed E-state index contributed by atoms with van der Waals surface area (Å²) < 4.78 is 4.57. The van der Waals surface area contributed by atoms with Gasteiger partial charge in [-0.25, -0.2) is 4.79 Å². The second-order valence-electron chi connectivity index (χ2n) is 3.64. The van der Waals surface area contributed by atoms with Gasteiger partial charge in [-0.3, -0.25) is 9.79 Å². The van der Waals surface area contributed by atoms with E-state index >= 15 is 0 Å². The minimum atomic E-state index is -1.00. The number of rotatable bonds is 5. The van der Waals surface area contributed by atoms with E-state index < -0.39 is 5.97 Å². The number of carboxylic acids is 1. The lowest BCUT2D eigenvalue weighted by molar-refractivity contribution is -0.139. The monoisotopic (exact) mass is 249 g/mol. The van der Waals surface area contributed by atoms with E-state index in [4.69, 9.17) is 5.11 Å². The largest absolute Gasteiger partial charge is 0.478 e. The molecule has 0 spiro atoms. The first-order valence-corrected chi connectivity index (χ1v) is 5.53. The number of carbonyl (C=O) groups excluding carboxylic acids is 1. The van der Waals surface area contributed by atoms with E-state index in [1.165, 1.54) is 19.2 Å². The molecule has 0 aliphatic carbocycles. The molecule has 1 aromatic rings. The fourth-order valence-corrected chi connectivity index (χ4v) is 1.37. The summed E-state index contributed by atoms with van der Waals surface area (Å²) in [4.78, 5) is 26.2. The summed E-state index contributed by atoms with van der Waals surface area (Å²) in [5.74, 6) is -1.36. The summed E-state index contributed by atoms with van der Waals surface area (Å²) in [6.07, 6.45) is 0.719. The average Bonchev–Trinajstić information content (AvgIpc) is 2.38. The van der Waals surface area contributed by atoms with Crippen LogP contribution in [0.4, 0.5) is 5.69 Å². The number of benzene rings is 1. The fraction of sp³-hybridized carbons (Fsp3) is 0.308. The zero-order chi connectivity index (χ0) is 13.5. The summed E-state index contributed by atoms with van der Waals surface area (Å²) in [7, 11) is 1.32. The van der Waals surface area contributed by atoms with Gasteiger partial charge in [0.25, 0.3) is 0 Å². The second-order valence-corrected chi connectivity index (χ2v) is 3.64. The van der Waals surface area contributed by atoms with Crippen LogP contribution in [0.5, 0.6) is 0 Å². The molecule has 0 bridgehead atoms. The number of esters is 1. The van der Waals surface area contributed by atoms with Gasteiger partial charge >= 0.3 is 11.9 Å². The molecule has 0 aromatic heterocycles. The highest BCUT2D eigenvalue weighted by molar-refractivity contribution is 6.00. The van der Waals surface area contributed by atoms with Gasteiger partial charge in [-0.2, -0.15) is 0 Å². The minimum absolute atomic E-state index is 0.115. The van der Waals surface area contributed by atoms with E-state index in [1.807, 2.05) is 6.92 Å². The van der Waals surface area contributed by atoms with E-state index in [1.54, 1.807) is 12.1 Å². The third kappa shape index (κ3) is 4.01. The Morgan fingerprint density at radius 2 is 2.11 bits per heavy atom. The average molecular weight is 249 g/mol. The molecule has 0 unspecified atom stereocenters. The van der Waals surface area contributed by atoms with Crippen molar-refractivity contribution in [1.82, 2.24) is 0 Å². The molecule has 0 fully saturated rings. The van der Waals surface area contributed by atoms with Crippen molar-refractivity contribution in [2.24, 2.45) is 4.99 Å². The Hall–Kier alpha value is -2.17. The van der Waals surface area contributed by atoms with Gasteiger partial charge in [-0.1, -0.05) is 13.0 Å². The van der Waals surface area contributed by atoms with E-state index in [0.29, 0.717) is 17.8 Å². The lowest BCUT2D eigenvalue weighted by atomic mass is 10.2. The highest BCUT2D eigenvalue weighted by Gasteiger charge is 2.07. The van der Waals surface area contributed by atoms with Crippen LogP contribution in [0.2, 0.25) is 0 Å². The zero-order valence-electron chi connectivity index (χ0n) is 10.3. The van der Waals surface area contributed by atoms with Crippen molar-refractivity contribution in [3.05, 3.63) is 29.8 Å². The number of carboxylic acid groups (broad SMARTS) is 1. The molecule has 1 rings (SSSR count). The van der Waals surface area contributed by atoms with Crippen molar-refractivity contribution in [2.45, 2.75) is 19.8 Å². The van der Waals surface area contributed by atoms with Crippen molar-refractivity contribution in [3.63, 3.8) is 0 Å². The predicted octanol–water partition coefficient (Wildman–Crippen LogP) is 2.43. The fourth-order valence-electron chi connectivity index (χ4n) is 1.37. The Kier molecular flexibility index (Phi) is 5.05. The van der Waals surface area contributed by atoms with Crippen molar-refractivity contribution >= 4 is 23.3 Å². The van der Waals surface area contributed by atoms with E-state index in [0.717, 1.165) is 0 Å². The van der Waals surface area contributed by atoms with Crippen LogP contribution in [0.3, 0.4) is 0 Å². The van der Waals surface area contributed by atoms with Gasteiger partial charge in [0.2, 0.25) is 0 Å². The first-order valence-electron chi connectivity index (χ1n) is 5.53. The van der Waals surface area contributed by atoms with Crippen LogP contribution >= 0.6 is 0 Å². The number of ether oxygens (including phenoxy) is 1. The smallest absolute Gasteiger partial charge is 0.335 e. The molecular weight excluding hydrogens is 234 g/mol. The van der Waals surface area contributed by atoms with Crippen LogP contribution in [-0.4, -0.2) is 29.9 Å². The van der Waals surface area contributed by atoms with Crippen molar-refractivity contribution < 1.29 is 19.4 Å². The van der Waals surface area contributed by atoms with Crippen LogP contribution in [0.15, 0.2) is 29.3 Å². The molecule has 0 aliphatic heterocycles. The molecule has 1 aromatic carbocycles. The van der Waals surface area contributed by atoms with E-state index in [9.17, 15) is 9.59 Å². The molecule has 0 amide bonds. The molecule has 5 nitrogen and oxygen atoms in total. The van der Waals surface area contributed by atoms with Gasteiger partial charge in [0, 0.05) is 5.71 Å². The molecular formula is C13H15NO4. The SMILES string of the molecule is CCC(CC(=O)OC)=Nc1cccc(C(=O)O)c1. The topological polar surface area (TPSA) is 76.0 Å². The first kappa shape index (κ1) is 13.9. The number of aliphatic imine (C=N–C) groups is 1. The highest BCUT2D eigenvalue weighted by Crippen LogP contribution is 2.16. The maximum atomic E-state index is 11.1. The van der Waals surface area contributed by atoms with Gasteiger partial charge in [-0.05, 0) is 24.6 Å². The Labute approximate surface area is 105 Å². The molecule has 96 valence electrons. The molecule has 0 radical (unpaired) electrons. The molecule has 18 heavy (non-hydrogen) atoms. The first-order chi connectivity index (χ1) is 8.56. The molecule has 0 saturated heterocycles. The van der Waals surface area contributed by atoms with Crippen LogP contribution < -0.4 is 0 Å². The normalized spacial score (nSPS) is 11.1. The number of aromatic carboxylic acids is 1. The Morgan fingerprint density at radius 3 is 2.67 bits per heavy atom. The summed E-state index contributed by atoms with van der Waals surface area (Å²) in [5, 5.41) is 8.86. The molecule has 1 N–H and O–H groups in total. The third-order valence-corrected chi connectivity index (χ3v) is 2.36. The molecule has 0 heterocycles. The van der Waals surface area contributed by atoms with E-state index in [-0.39, 0.29) is 18.0 Å². The van der Waals surface area contributed by atoms with Gasteiger partial charge in [0.15, 0.2) is 0 Å². The lowest BCUT2D eigenvalue weighted by Crippen LogP contribution is -2.08. The highest BCUT2D eigenvalue weighted by atomic mass is 16.5. The van der Waals surface area contributed by atoms with Gasteiger partial charge in [-0.15, -0.1) is 0 Å². The van der Waals surface area contributed by atoms with Gasteiger partial charge in [0.1, 0.15) is 0 Å². The van der Waals surface area contributed by atoms with E-state index in [2.05, 4.69) is 9.73 Å². The number of hydrogen-bond donors (Lipinski definition) is 1. The molecule has 0 aliphatic rings. The number of nitrogens with zero attached hydrogens (tertiary/aromatic N) is 1. The van der Waals surface area contributed by atoms with Crippen LogP contribution in [0, 0.1) is 0 Å². The Bertz CT molecular complexity index is 480. The zero-order valence-corrected chi connectivity index (χ0v) is 10.3. The summed E-state index contributed by atoms with van der Waals surface area (Å²) in [6, 6.07) is 6.27. The molecule has 0 saturated carbocycles. The van der Waals surface area contributed by atoms with Crippen molar-refractivity contribution in [3.8, 4) is 0 Å². The standard InChI is InChI=1S/C13H15NO4/c1-3-10(8-12(15)18-2)14-11-6-4-5-9(7-11)13(16)17/h4-7H,3,8H2,1-2H3,(H,16,17). The third-order valence-electron chi connectivity index (χ3n) is 2.36. The molecule has 0 atom stereocenters. The maximum Gasteiger partial charge on any atom is 0.335 e. The quantitative estimate of drug-likeness (QED) is 0.642. The summed E-state index contributed by atoms with van der Waals surface area (Å²) in [6.45, 7) is 1.88. The van der Waals surface area contributed by atoms with Gasteiger partial charge < -0.3 is 9.84 Å². The minimum Gasteiger partial charge on any atom is -0.478 e. The lowest BCUT2D eigenvalue weighted by Gasteiger charge is -2.03. The van der Waals surface area contributed by atoms with Crippen molar-refractivity contribution in [2.75, 3.05) is 7.11 Å².